The summed E-state index contributed by atoms with van der Waals surface area (Å²) in [6, 6.07) is 10.4. The van der Waals surface area contributed by atoms with E-state index in [1.165, 1.54) is 16.4 Å². The molecule has 1 aliphatic rings. The Morgan fingerprint density at radius 3 is 2.53 bits per heavy atom. The maximum atomic E-state index is 12.1. The molecule has 1 aliphatic heterocycles. The molecule has 19 heavy (non-hydrogen) atoms. The molecule has 98 valence electrons. The van der Waals surface area contributed by atoms with Gasteiger partial charge in [-0.15, -0.1) is 5.10 Å². The van der Waals surface area contributed by atoms with E-state index in [9.17, 15) is 4.79 Å². The Labute approximate surface area is 111 Å². The van der Waals surface area contributed by atoms with Gasteiger partial charge in [0, 0.05) is 13.1 Å². The molecule has 0 spiro atoms. The molecule has 0 saturated carbocycles. The molecule has 2 heterocycles. The van der Waals surface area contributed by atoms with Crippen LogP contribution < -0.4 is 0 Å². The fourth-order valence-electron chi connectivity index (χ4n) is 2.58. The number of amides is 1. The van der Waals surface area contributed by atoms with Crippen LogP contribution in [-0.4, -0.2) is 39.0 Å². The molecule has 2 aromatic rings. The number of aromatic nitrogens is 3. The first-order valence-electron chi connectivity index (χ1n) is 6.55. The number of carbonyl (C=O) groups excluding carboxylic acids is 1. The minimum Gasteiger partial charge on any atom is -0.323 e. The summed E-state index contributed by atoms with van der Waals surface area (Å²) in [4.78, 5) is 13.9. The average molecular weight is 256 g/mol. The van der Waals surface area contributed by atoms with E-state index in [0.29, 0.717) is 5.92 Å². The van der Waals surface area contributed by atoms with Crippen LogP contribution in [0.15, 0.2) is 42.7 Å². The van der Waals surface area contributed by atoms with Crippen LogP contribution in [0.25, 0.3) is 0 Å². The van der Waals surface area contributed by atoms with Gasteiger partial charge in [0.1, 0.15) is 0 Å². The third-order valence-corrected chi connectivity index (χ3v) is 3.65. The molecule has 1 amide bonds. The molecule has 1 aromatic heterocycles. The van der Waals surface area contributed by atoms with Crippen molar-refractivity contribution < 1.29 is 4.79 Å². The standard InChI is InChI=1S/C14H16N4O/c19-14(18-11-8-15-16-18)17-9-6-13(7-10-17)12-4-2-1-3-5-12/h1-5,8,11,13H,6-7,9-10H2. The predicted molar refractivity (Wildman–Crippen MR) is 70.8 cm³/mol. The fraction of sp³-hybridized carbons (Fsp3) is 0.357. The van der Waals surface area contributed by atoms with Crippen molar-refractivity contribution in [1.29, 1.82) is 0 Å². The van der Waals surface area contributed by atoms with Gasteiger partial charge in [0.2, 0.25) is 0 Å². The minimum atomic E-state index is -0.0796. The summed E-state index contributed by atoms with van der Waals surface area (Å²) in [7, 11) is 0. The van der Waals surface area contributed by atoms with Gasteiger partial charge in [-0.05, 0) is 24.3 Å². The maximum absolute atomic E-state index is 12.1. The molecule has 5 heteroatoms. The average Bonchev–Trinajstić information content (AvgIpc) is 3.02. The highest BCUT2D eigenvalue weighted by atomic mass is 16.2. The van der Waals surface area contributed by atoms with E-state index in [2.05, 4.69) is 34.6 Å². The molecule has 1 fully saturated rings. The lowest BCUT2D eigenvalue weighted by atomic mass is 9.90. The first-order valence-corrected chi connectivity index (χ1v) is 6.55. The summed E-state index contributed by atoms with van der Waals surface area (Å²) in [5.41, 5.74) is 1.37. The third-order valence-electron chi connectivity index (χ3n) is 3.65. The molecule has 0 bridgehead atoms. The molecule has 0 N–H and O–H groups in total. The van der Waals surface area contributed by atoms with Gasteiger partial charge in [-0.1, -0.05) is 35.5 Å². The number of carbonyl (C=O) groups is 1. The van der Waals surface area contributed by atoms with Gasteiger partial charge in [-0.3, -0.25) is 0 Å². The monoisotopic (exact) mass is 256 g/mol. The van der Waals surface area contributed by atoms with Crippen molar-refractivity contribution in [2.24, 2.45) is 0 Å². The Bertz CT molecular complexity index is 530. The Morgan fingerprint density at radius 2 is 1.89 bits per heavy atom. The van der Waals surface area contributed by atoms with Crippen LogP contribution in [-0.2, 0) is 0 Å². The van der Waals surface area contributed by atoms with E-state index in [1.807, 2.05) is 11.0 Å². The zero-order chi connectivity index (χ0) is 13.1. The maximum Gasteiger partial charge on any atom is 0.346 e. The minimum absolute atomic E-state index is 0.0796. The lowest BCUT2D eigenvalue weighted by Crippen LogP contribution is -2.40. The lowest BCUT2D eigenvalue weighted by Gasteiger charge is -2.31. The Morgan fingerprint density at radius 1 is 1.16 bits per heavy atom. The van der Waals surface area contributed by atoms with E-state index in [-0.39, 0.29) is 6.03 Å². The topological polar surface area (TPSA) is 51.0 Å². The molecule has 0 atom stereocenters. The fourth-order valence-corrected chi connectivity index (χ4v) is 2.58. The summed E-state index contributed by atoms with van der Waals surface area (Å²) in [6.07, 6.45) is 5.12. The summed E-state index contributed by atoms with van der Waals surface area (Å²) < 4.78 is 1.29. The van der Waals surface area contributed by atoms with Gasteiger partial charge in [0.25, 0.3) is 0 Å². The largest absolute Gasteiger partial charge is 0.346 e. The number of benzene rings is 1. The van der Waals surface area contributed by atoms with Gasteiger partial charge in [-0.25, -0.2) is 4.79 Å². The van der Waals surface area contributed by atoms with Crippen molar-refractivity contribution in [3.05, 3.63) is 48.3 Å². The normalized spacial score (nSPS) is 16.5. The Kier molecular flexibility index (Phi) is 3.27. The zero-order valence-electron chi connectivity index (χ0n) is 10.6. The highest BCUT2D eigenvalue weighted by Gasteiger charge is 2.24. The molecule has 0 aliphatic carbocycles. The van der Waals surface area contributed by atoms with Crippen LogP contribution in [0.4, 0.5) is 4.79 Å². The second-order valence-electron chi connectivity index (χ2n) is 4.80. The van der Waals surface area contributed by atoms with Crippen LogP contribution >= 0.6 is 0 Å². The number of rotatable bonds is 1. The van der Waals surface area contributed by atoms with Crippen molar-refractivity contribution in [3.8, 4) is 0 Å². The number of hydrogen-bond acceptors (Lipinski definition) is 3. The van der Waals surface area contributed by atoms with E-state index in [1.54, 1.807) is 6.20 Å². The molecule has 1 aromatic carbocycles. The van der Waals surface area contributed by atoms with E-state index < -0.39 is 0 Å². The zero-order valence-corrected chi connectivity index (χ0v) is 10.6. The van der Waals surface area contributed by atoms with Crippen LogP contribution in [0.2, 0.25) is 0 Å². The van der Waals surface area contributed by atoms with E-state index in [0.717, 1.165) is 25.9 Å². The van der Waals surface area contributed by atoms with Gasteiger partial charge in [0.05, 0.1) is 12.4 Å². The van der Waals surface area contributed by atoms with E-state index in [4.69, 9.17) is 0 Å². The molecule has 0 radical (unpaired) electrons. The third kappa shape index (κ3) is 2.50. The van der Waals surface area contributed by atoms with Gasteiger partial charge in [-0.2, -0.15) is 4.68 Å². The quantitative estimate of drug-likeness (QED) is 0.785. The molecular formula is C14H16N4O. The van der Waals surface area contributed by atoms with Gasteiger partial charge in [0.15, 0.2) is 0 Å². The first kappa shape index (κ1) is 11.9. The summed E-state index contributed by atoms with van der Waals surface area (Å²) in [5.74, 6) is 0.556. The molecule has 3 rings (SSSR count). The van der Waals surface area contributed by atoms with Crippen molar-refractivity contribution >= 4 is 6.03 Å². The number of hydrogen-bond donors (Lipinski definition) is 0. The number of piperidine rings is 1. The van der Waals surface area contributed by atoms with Crippen molar-refractivity contribution in [3.63, 3.8) is 0 Å². The van der Waals surface area contributed by atoms with E-state index >= 15 is 0 Å². The molecule has 1 saturated heterocycles. The van der Waals surface area contributed by atoms with Crippen LogP contribution in [0.3, 0.4) is 0 Å². The number of likely N-dealkylation sites (tertiary alicyclic amines) is 1. The first-order chi connectivity index (χ1) is 9.34. The SMILES string of the molecule is O=C(N1CCC(c2ccccc2)CC1)n1ccnn1. The van der Waals surface area contributed by atoms with Crippen LogP contribution in [0, 0.1) is 0 Å². The molecule has 5 nitrogen and oxygen atoms in total. The highest BCUT2D eigenvalue weighted by Crippen LogP contribution is 2.27. The number of nitrogens with zero attached hydrogens (tertiary/aromatic N) is 4. The van der Waals surface area contributed by atoms with Crippen molar-refractivity contribution in [2.45, 2.75) is 18.8 Å². The Balaban J connectivity index is 1.62. The predicted octanol–water partition coefficient (Wildman–Crippen LogP) is 2.13. The van der Waals surface area contributed by atoms with Gasteiger partial charge >= 0.3 is 6.03 Å². The van der Waals surface area contributed by atoms with Crippen LogP contribution in [0.1, 0.15) is 24.3 Å². The lowest BCUT2D eigenvalue weighted by molar-refractivity contribution is 0.179. The van der Waals surface area contributed by atoms with Crippen molar-refractivity contribution in [1.82, 2.24) is 19.9 Å². The molecular weight excluding hydrogens is 240 g/mol. The van der Waals surface area contributed by atoms with Crippen molar-refractivity contribution in [2.75, 3.05) is 13.1 Å². The summed E-state index contributed by atoms with van der Waals surface area (Å²) in [6.45, 7) is 1.55. The second-order valence-corrected chi connectivity index (χ2v) is 4.80. The summed E-state index contributed by atoms with van der Waals surface area (Å²) >= 11 is 0. The van der Waals surface area contributed by atoms with Crippen LogP contribution in [0.5, 0.6) is 0 Å². The second kappa shape index (κ2) is 5.22. The molecule has 0 unspecified atom stereocenters. The van der Waals surface area contributed by atoms with Gasteiger partial charge < -0.3 is 4.90 Å². The summed E-state index contributed by atoms with van der Waals surface area (Å²) in [5, 5.41) is 7.41. The Hall–Kier alpha value is -2.17. The smallest absolute Gasteiger partial charge is 0.323 e. The highest BCUT2D eigenvalue weighted by molar-refractivity contribution is 5.75.